The number of aliphatic hydroxyl groups excluding tert-OH is 8. The molecule has 0 bridgehead atoms. The Morgan fingerprint density at radius 1 is 0.711 bits per heavy atom. The van der Waals surface area contributed by atoms with E-state index in [0.29, 0.717) is 17.7 Å². The number of phenols is 1. The number of rotatable bonds is 9. The van der Waals surface area contributed by atoms with Crippen LogP contribution in [-0.4, -0.2) is 141 Å². The highest BCUT2D eigenvalue weighted by Gasteiger charge is 2.47. The Balaban J connectivity index is 1.59. The van der Waals surface area contributed by atoms with Crippen LogP contribution in [0.4, 0.5) is 0 Å². The molecule has 3 aliphatic rings. The van der Waals surface area contributed by atoms with Crippen molar-refractivity contribution in [3.63, 3.8) is 0 Å². The number of methoxy groups -OCH3 is 2. The number of benzene rings is 2. The molecule has 11 unspecified atom stereocenters. The first-order chi connectivity index (χ1) is 21.5. The highest BCUT2D eigenvalue weighted by atomic mass is 16.7. The number of hydrogen-bond acceptors (Lipinski definition) is 16. The first kappa shape index (κ1) is 33.2. The number of phenolic OH excluding ortho intramolecular Hbond substituents is 1. The fourth-order valence-electron chi connectivity index (χ4n) is 5.64. The molecule has 16 nitrogen and oxygen atoms in total. The first-order valence-electron chi connectivity index (χ1n) is 14.2. The number of fused-ring (bicyclic) bond motifs is 1. The smallest absolute Gasteiger partial charge is 0.229 e. The van der Waals surface area contributed by atoms with Crippen LogP contribution in [0.25, 0.3) is 0 Å². The van der Waals surface area contributed by atoms with E-state index < -0.39 is 80.5 Å². The van der Waals surface area contributed by atoms with Crippen LogP contribution < -0.4 is 23.7 Å². The van der Waals surface area contributed by atoms with Crippen molar-refractivity contribution in [2.24, 2.45) is 0 Å². The molecule has 3 aliphatic heterocycles. The summed E-state index contributed by atoms with van der Waals surface area (Å²) in [5, 5.41) is 91.7. The zero-order valence-corrected chi connectivity index (χ0v) is 24.4. The summed E-state index contributed by atoms with van der Waals surface area (Å²) in [7, 11) is 2.57. The molecule has 5 rings (SSSR count). The van der Waals surface area contributed by atoms with Crippen LogP contribution in [0.5, 0.6) is 34.5 Å². The minimum Gasteiger partial charge on any atom is -0.508 e. The molecular formula is C29H38O16. The van der Waals surface area contributed by atoms with Gasteiger partial charge < -0.3 is 79.1 Å². The van der Waals surface area contributed by atoms with E-state index in [4.69, 9.17) is 33.2 Å². The minimum absolute atomic E-state index is 0.0140. The third-order valence-corrected chi connectivity index (χ3v) is 8.16. The van der Waals surface area contributed by atoms with E-state index in [1.165, 1.54) is 32.4 Å². The van der Waals surface area contributed by atoms with Crippen molar-refractivity contribution in [3.8, 4) is 34.5 Å². The quantitative estimate of drug-likeness (QED) is 0.137. The van der Waals surface area contributed by atoms with E-state index in [9.17, 15) is 46.0 Å². The average Bonchev–Trinajstić information content (AvgIpc) is 3.04. The first-order valence-corrected chi connectivity index (χ1v) is 14.2. The monoisotopic (exact) mass is 642 g/mol. The summed E-state index contributed by atoms with van der Waals surface area (Å²) in [6, 6.07) is 6.11. The van der Waals surface area contributed by atoms with Crippen LogP contribution >= 0.6 is 0 Å². The molecule has 2 fully saturated rings. The molecule has 9 N–H and O–H groups in total. The topological polar surface area (TPSA) is 247 Å². The summed E-state index contributed by atoms with van der Waals surface area (Å²) < 4.78 is 40.3. The highest BCUT2D eigenvalue weighted by Crippen LogP contribution is 2.51. The number of aromatic hydroxyl groups is 1. The maximum atomic E-state index is 10.7. The molecule has 0 aromatic heterocycles. The maximum Gasteiger partial charge on any atom is 0.229 e. The normalized spacial score (nSPS) is 34.8. The van der Waals surface area contributed by atoms with Gasteiger partial charge in [-0.3, -0.25) is 0 Å². The SMILES string of the molecule is COc1c(OC2OC(CO)C(O)C(O)C2O)cc(C2COc3cc(O)ccc3C2)c(OC2OC(CO)C(O)C(O)C2O)c1OC. The van der Waals surface area contributed by atoms with E-state index in [2.05, 4.69) is 0 Å². The molecule has 3 heterocycles. The Kier molecular flexibility index (Phi) is 10.1. The highest BCUT2D eigenvalue weighted by molar-refractivity contribution is 5.64. The average molecular weight is 643 g/mol. The van der Waals surface area contributed by atoms with E-state index in [1.807, 2.05) is 0 Å². The van der Waals surface area contributed by atoms with Gasteiger partial charge in [0.15, 0.2) is 11.5 Å². The lowest BCUT2D eigenvalue weighted by Crippen LogP contribution is -2.60. The zero-order chi connectivity index (χ0) is 32.6. The number of ether oxygens (including phenoxy) is 7. The standard InChI is InChI=1S/C29H38O16/c1-39-26-16(42-28-23(37)21(35)19(33)17(8-30)43-28)7-14(12-5-11-3-4-13(32)6-15(11)41-10-12)25(27(26)40-2)45-29-24(38)22(36)20(34)18(9-31)44-29/h3-4,6-7,12,17-24,28-38H,5,8-10H2,1-2H3. The van der Waals surface area contributed by atoms with Crippen molar-refractivity contribution in [2.75, 3.05) is 34.0 Å². The van der Waals surface area contributed by atoms with Gasteiger partial charge in [-0.15, -0.1) is 0 Å². The van der Waals surface area contributed by atoms with Gasteiger partial charge in [-0.2, -0.15) is 0 Å². The van der Waals surface area contributed by atoms with Crippen LogP contribution in [-0.2, 0) is 15.9 Å². The van der Waals surface area contributed by atoms with Gasteiger partial charge in [0.2, 0.25) is 24.1 Å². The molecule has 0 amide bonds. The lowest BCUT2D eigenvalue weighted by atomic mass is 9.89. The van der Waals surface area contributed by atoms with Crippen molar-refractivity contribution < 1.29 is 79.1 Å². The predicted molar refractivity (Wildman–Crippen MR) is 148 cm³/mol. The van der Waals surface area contributed by atoms with Crippen LogP contribution in [0.15, 0.2) is 24.3 Å². The van der Waals surface area contributed by atoms with E-state index in [1.54, 1.807) is 6.07 Å². The van der Waals surface area contributed by atoms with Crippen molar-refractivity contribution in [3.05, 3.63) is 35.4 Å². The predicted octanol–water partition coefficient (Wildman–Crippen LogP) is -2.51. The zero-order valence-electron chi connectivity index (χ0n) is 24.4. The van der Waals surface area contributed by atoms with Crippen LogP contribution in [0.3, 0.4) is 0 Å². The Hall–Kier alpha value is -3.16. The second kappa shape index (κ2) is 13.7. The molecule has 0 radical (unpaired) electrons. The van der Waals surface area contributed by atoms with E-state index in [0.717, 1.165) is 5.56 Å². The molecule has 0 spiro atoms. The van der Waals surface area contributed by atoms with Crippen molar-refractivity contribution in [1.29, 1.82) is 0 Å². The Bertz CT molecular complexity index is 1320. The molecule has 2 aromatic carbocycles. The van der Waals surface area contributed by atoms with Crippen molar-refractivity contribution in [1.82, 2.24) is 0 Å². The number of hydrogen-bond donors (Lipinski definition) is 9. The molecule has 16 heteroatoms. The van der Waals surface area contributed by atoms with Crippen LogP contribution in [0.2, 0.25) is 0 Å². The van der Waals surface area contributed by atoms with Gasteiger partial charge in [0.05, 0.1) is 34.0 Å². The fraction of sp³-hybridized carbons (Fsp3) is 0.586. The lowest BCUT2D eigenvalue weighted by Gasteiger charge is -2.41. The molecular weight excluding hydrogens is 604 g/mol. The van der Waals surface area contributed by atoms with E-state index in [-0.39, 0.29) is 35.4 Å². The molecule has 0 aliphatic carbocycles. The summed E-state index contributed by atoms with van der Waals surface area (Å²) in [6.45, 7) is -1.32. The molecule has 0 saturated carbocycles. The van der Waals surface area contributed by atoms with Gasteiger partial charge in [0.1, 0.15) is 60.3 Å². The molecule has 11 atom stereocenters. The van der Waals surface area contributed by atoms with Crippen molar-refractivity contribution >= 4 is 0 Å². The van der Waals surface area contributed by atoms with Crippen LogP contribution in [0, 0.1) is 0 Å². The Labute approximate surface area is 257 Å². The van der Waals surface area contributed by atoms with Crippen molar-refractivity contribution in [2.45, 2.75) is 73.8 Å². The lowest BCUT2D eigenvalue weighted by molar-refractivity contribution is -0.278. The summed E-state index contributed by atoms with van der Waals surface area (Å²) >= 11 is 0. The fourth-order valence-corrected chi connectivity index (χ4v) is 5.64. The third kappa shape index (κ3) is 6.31. The largest absolute Gasteiger partial charge is 0.508 e. The second-order valence-electron chi connectivity index (χ2n) is 11.0. The summed E-state index contributed by atoms with van der Waals surface area (Å²) in [5.41, 5.74) is 1.07. The Morgan fingerprint density at radius 2 is 1.29 bits per heavy atom. The third-order valence-electron chi connectivity index (χ3n) is 8.16. The number of aliphatic hydroxyl groups is 8. The molecule has 250 valence electrons. The van der Waals surface area contributed by atoms with E-state index >= 15 is 0 Å². The summed E-state index contributed by atoms with van der Waals surface area (Å²) in [6.07, 6.45) is -15.6. The van der Waals surface area contributed by atoms with Gasteiger partial charge >= 0.3 is 0 Å². The summed E-state index contributed by atoms with van der Waals surface area (Å²) in [4.78, 5) is 0. The van der Waals surface area contributed by atoms with Gasteiger partial charge in [-0.25, -0.2) is 0 Å². The van der Waals surface area contributed by atoms with Gasteiger partial charge in [-0.05, 0) is 24.1 Å². The van der Waals surface area contributed by atoms with Gasteiger partial charge in [0, 0.05) is 17.5 Å². The molecule has 2 saturated heterocycles. The molecule has 45 heavy (non-hydrogen) atoms. The Morgan fingerprint density at radius 3 is 1.84 bits per heavy atom. The second-order valence-corrected chi connectivity index (χ2v) is 11.0. The van der Waals surface area contributed by atoms with Gasteiger partial charge in [0.25, 0.3) is 0 Å². The van der Waals surface area contributed by atoms with Crippen LogP contribution in [0.1, 0.15) is 17.0 Å². The maximum absolute atomic E-state index is 10.7. The minimum atomic E-state index is -1.76. The summed E-state index contributed by atoms with van der Waals surface area (Å²) in [5.74, 6) is -0.357. The van der Waals surface area contributed by atoms with Gasteiger partial charge in [-0.1, -0.05) is 6.07 Å². The molecule has 2 aromatic rings.